The molecule has 2 aliphatic rings. The number of rotatable bonds is 5. The average Bonchev–Trinajstić information content (AvgIpc) is 2.96. The Balaban J connectivity index is 1.33. The van der Waals surface area contributed by atoms with Crippen molar-refractivity contribution in [3.63, 3.8) is 0 Å². The van der Waals surface area contributed by atoms with Crippen molar-refractivity contribution in [2.24, 2.45) is 5.92 Å². The van der Waals surface area contributed by atoms with Crippen LogP contribution in [0, 0.1) is 5.92 Å². The second kappa shape index (κ2) is 10.9. The van der Waals surface area contributed by atoms with E-state index in [1.807, 2.05) is 36.4 Å². The van der Waals surface area contributed by atoms with E-state index >= 15 is 0 Å². The Morgan fingerprint density at radius 2 is 1.74 bits per heavy atom. The first-order chi connectivity index (χ1) is 18.4. The van der Waals surface area contributed by atoms with E-state index < -0.39 is 36.0 Å². The summed E-state index contributed by atoms with van der Waals surface area (Å²) in [5, 5.41) is 20.3. The van der Waals surface area contributed by atoms with Crippen LogP contribution < -0.4 is 15.1 Å². The number of carbonyl (C=O) groups excluding carboxylic acids is 2. The quantitative estimate of drug-likeness (QED) is 0.345. The maximum Gasteiger partial charge on any atom is 0.408 e. The van der Waals surface area contributed by atoms with E-state index in [-0.39, 0.29) is 13.0 Å². The highest BCUT2D eigenvalue weighted by atomic mass is 16.5. The van der Waals surface area contributed by atoms with E-state index in [1.165, 1.54) is 0 Å². The van der Waals surface area contributed by atoms with Crippen LogP contribution in [0.1, 0.15) is 6.42 Å². The molecule has 2 saturated heterocycles. The van der Waals surface area contributed by atoms with E-state index in [2.05, 4.69) is 9.88 Å². The van der Waals surface area contributed by atoms with Crippen molar-refractivity contribution in [2.45, 2.75) is 18.6 Å². The van der Waals surface area contributed by atoms with Gasteiger partial charge in [-0.2, -0.15) is 0 Å². The van der Waals surface area contributed by atoms with Crippen LogP contribution in [0.5, 0.6) is 5.75 Å². The minimum absolute atomic E-state index is 0.0572. The zero-order valence-electron chi connectivity index (χ0n) is 20.6. The molecule has 1 aromatic heterocycles. The number of carboxylic acid groups (broad SMARTS) is 1. The number of ether oxygens (including phenoxy) is 1. The zero-order chi connectivity index (χ0) is 26.6. The highest BCUT2D eigenvalue weighted by Gasteiger charge is 2.48. The van der Waals surface area contributed by atoms with Crippen LogP contribution in [0.4, 0.5) is 10.5 Å². The smallest absolute Gasteiger partial charge is 0.408 e. The molecule has 3 aromatic rings. The van der Waals surface area contributed by atoms with Gasteiger partial charge in [-0.1, -0.05) is 24.3 Å². The summed E-state index contributed by atoms with van der Waals surface area (Å²) >= 11 is 0. The monoisotopic (exact) mass is 519 g/mol. The Labute approximate surface area is 219 Å². The molecular formula is C27H29N5O6. The van der Waals surface area contributed by atoms with E-state index in [9.17, 15) is 24.7 Å². The fraction of sp³-hybridized carbons (Fsp3) is 0.333. The van der Waals surface area contributed by atoms with E-state index in [0.29, 0.717) is 31.9 Å². The van der Waals surface area contributed by atoms with Gasteiger partial charge in [0.1, 0.15) is 17.9 Å². The lowest BCUT2D eigenvalue weighted by Crippen LogP contribution is -2.64. The van der Waals surface area contributed by atoms with Gasteiger partial charge in [0.2, 0.25) is 11.8 Å². The molecule has 0 aliphatic carbocycles. The number of aromatic nitrogens is 1. The first-order valence-electron chi connectivity index (χ1n) is 12.5. The molecule has 198 valence electrons. The van der Waals surface area contributed by atoms with Crippen molar-refractivity contribution < 1.29 is 29.4 Å². The van der Waals surface area contributed by atoms with E-state index in [0.717, 1.165) is 21.5 Å². The molecule has 2 unspecified atom stereocenters. The summed E-state index contributed by atoms with van der Waals surface area (Å²) in [6.07, 6.45) is -0.299. The Morgan fingerprint density at radius 3 is 2.45 bits per heavy atom. The molecule has 3 N–H and O–H groups in total. The fourth-order valence-electron chi connectivity index (χ4n) is 5.29. The maximum atomic E-state index is 13.6. The van der Waals surface area contributed by atoms with Crippen LogP contribution in [-0.4, -0.2) is 87.9 Å². The summed E-state index contributed by atoms with van der Waals surface area (Å²) in [7, 11) is 0. The molecule has 0 radical (unpaired) electrons. The predicted molar refractivity (Wildman–Crippen MR) is 138 cm³/mol. The third-order valence-electron chi connectivity index (χ3n) is 7.17. The Kier molecular flexibility index (Phi) is 7.27. The second-order valence-electron chi connectivity index (χ2n) is 9.44. The number of hydrogen-bond donors (Lipinski definition) is 3. The lowest BCUT2D eigenvalue weighted by Gasteiger charge is -2.44. The summed E-state index contributed by atoms with van der Waals surface area (Å²) in [6.45, 7) is 1.83. The fourth-order valence-corrected chi connectivity index (χ4v) is 5.29. The van der Waals surface area contributed by atoms with Gasteiger partial charge in [-0.05, 0) is 36.4 Å². The summed E-state index contributed by atoms with van der Waals surface area (Å²) in [6, 6.07) is 17.6. The number of para-hydroxylation sites is 1. The first kappa shape index (κ1) is 25.3. The minimum atomic E-state index is -1.34. The lowest BCUT2D eigenvalue weighted by atomic mass is 9.86. The Hall–Kier alpha value is -4.38. The van der Waals surface area contributed by atoms with Gasteiger partial charge in [-0.25, -0.2) is 10.3 Å². The molecule has 0 bridgehead atoms. The number of benzene rings is 2. The lowest BCUT2D eigenvalue weighted by molar-refractivity contribution is -0.150. The van der Waals surface area contributed by atoms with Gasteiger partial charge < -0.3 is 19.6 Å². The van der Waals surface area contributed by atoms with Crippen molar-refractivity contribution in [1.29, 1.82) is 0 Å². The van der Waals surface area contributed by atoms with E-state index in [1.54, 1.807) is 40.8 Å². The van der Waals surface area contributed by atoms with Crippen LogP contribution in [0.25, 0.3) is 10.9 Å². The van der Waals surface area contributed by atoms with E-state index in [4.69, 9.17) is 4.74 Å². The van der Waals surface area contributed by atoms with Crippen LogP contribution in [0.15, 0.2) is 66.9 Å². The van der Waals surface area contributed by atoms with Gasteiger partial charge in [0.15, 0.2) is 0 Å². The number of piperidine rings is 1. The molecule has 3 atom stereocenters. The number of hydroxylamine groups is 1. The molecule has 3 amide bonds. The number of fused-ring (bicyclic) bond motifs is 1. The molecule has 5 rings (SSSR count). The number of pyridine rings is 1. The summed E-state index contributed by atoms with van der Waals surface area (Å²) < 4.78 is 6.08. The third kappa shape index (κ3) is 5.18. The van der Waals surface area contributed by atoms with Crippen molar-refractivity contribution in [2.75, 3.05) is 37.6 Å². The van der Waals surface area contributed by atoms with Crippen LogP contribution >= 0.6 is 0 Å². The highest BCUT2D eigenvalue weighted by Crippen LogP contribution is 2.30. The number of piperazine rings is 1. The Bertz CT molecular complexity index is 1310. The summed E-state index contributed by atoms with van der Waals surface area (Å²) in [5.41, 5.74) is 3.45. The van der Waals surface area contributed by atoms with Gasteiger partial charge in [-0.3, -0.25) is 24.7 Å². The third-order valence-corrected chi connectivity index (χ3v) is 7.17. The van der Waals surface area contributed by atoms with Gasteiger partial charge in [0.25, 0.3) is 0 Å². The standard InChI is InChI=1S/C27H29N5O6/c33-25(29-37)22-16-21(38-20-8-9-23-18(15-20)5-4-10-28-23)17-32(27(35)36)24(22)26(34)31-13-11-30(12-14-31)19-6-2-1-3-7-19/h1-10,15,21-22,24,37H,11-14,16-17H2,(H,29,33)(H,35,36)/t21?,22?,24-/m0/s1. The normalized spacial score (nSPS) is 21.7. The molecule has 0 saturated carbocycles. The van der Waals surface area contributed by atoms with Crippen molar-refractivity contribution >= 4 is 34.5 Å². The number of hydrogen-bond acceptors (Lipinski definition) is 7. The molecule has 3 heterocycles. The zero-order valence-corrected chi connectivity index (χ0v) is 20.6. The molecule has 11 heteroatoms. The molecule has 11 nitrogen and oxygen atoms in total. The predicted octanol–water partition coefficient (Wildman–Crippen LogP) is 2.20. The molecule has 2 aromatic carbocycles. The van der Waals surface area contributed by atoms with Gasteiger partial charge in [0.05, 0.1) is 18.0 Å². The molecule has 2 aliphatic heterocycles. The second-order valence-corrected chi connectivity index (χ2v) is 9.44. The van der Waals surface area contributed by atoms with Crippen LogP contribution in [0.3, 0.4) is 0 Å². The SMILES string of the molecule is O=C(NO)C1CC(Oc2ccc3ncccc3c2)CN(C(=O)O)[C@@H]1C(=O)N1CCN(c2ccccc2)CC1. The van der Waals surface area contributed by atoms with Gasteiger partial charge >= 0.3 is 6.09 Å². The molecular weight excluding hydrogens is 490 g/mol. The highest BCUT2D eigenvalue weighted by molar-refractivity contribution is 5.92. The number of amides is 3. The molecule has 38 heavy (non-hydrogen) atoms. The molecule has 2 fully saturated rings. The number of nitrogens with one attached hydrogen (secondary N) is 1. The van der Waals surface area contributed by atoms with Crippen molar-refractivity contribution in [3.8, 4) is 5.75 Å². The summed E-state index contributed by atoms with van der Waals surface area (Å²) in [4.78, 5) is 47.7. The summed E-state index contributed by atoms with van der Waals surface area (Å²) in [5.74, 6) is -1.92. The van der Waals surface area contributed by atoms with Gasteiger partial charge in [-0.15, -0.1) is 0 Å². The Morgan fingerprint density at radius 1 is 0.974 bits per heavy atom. The number of carbonyl (C=O) groups is 3. The minimum Gasteiger partial charge on any atom is -0.489 e. The topological polar surface area (TPSA) is 136 Å². The molecule has 0 spiro atoms. The maximum absolute atomic E-state index is 13.6. The number of nitrogens with zero attached hydrogens (tertiary/aromatic N) is 4. The van der Waals surface area contributed by atoms with Crippen molar-refractivity contribution in [3.05, 3.63) is 66.9 Å². The average molecular weight is 520 g/mol. The number of anilines is 1. The van der Waals surface area contributed by atoms with Crippen molar-refractivity contribution in [1.82, 2.24) is 20.3 Å². The van der Waals surface area contributed by atoms with Crippen LogP contribution in [0.2, 0.25) is 0 Å². The number of likely N-dealkylation sites (tertiary alicyclic amines) is 1. The van der Waals surface area contributed by atoms with Crippen LogP contribution in [-0.2, 0) is 9.59 Å². The van der Waals surface area contributed by atoms with Gasteiger partial charge in [0, 0.05) is 49.9 Å². The largest absolute Gasteiger partial charge is 0.489 e. The first-order valence-corrected chi connectivity index (χ1v) is 12.5.